The highest BCUT2D eigenvalue weighted by Gasteiger charge is 2.09. The van der Waals surface area contributed by atoms with Gasteiger partial charge in [0.05, 0.1) is 6.26 Å². The van der Waals surface area contributed by atoms with Gasteiger partial charge >= 0.3 is 0 Å². The number of aryl methyl sites for hydroxylation is 2. The molecule has 2 aromatic heterocycles. The van der Waals surface area contributed by atoms with Crippen molar-refractivity contribution in [3.8, 4) is 11.3 Å². The monoisotopic (exact) mass is 224 g/mol. The maximum Gasteiger partial charge on any atom is 0.178 e. The van der Waals surface area contributed by atoms with Gasteiger partial charge in [0.15, 0.2) is 5.58 Å². The first-order chi connectivity index (χ1) is 8.24. The minimum atomic E-state index is 0.748. The fraction of sp³-hybridized carbons (Fsp3) is 0.143. The Kier molecular flexibility index (Phi) is 2.18. The smallest absolute Gasteiger partial charge is 0.178 e. The Balaban J connectivity index is 2.30. The third-order valence-electron chi connectivity index (χ3n) is 2.74. The predicted octanol–water partition coefficient (Wildman–Crippen LogP) is 3.51. The first-order valence-corrected chi connectivity index (χ1v) is 5.51. The maximum absolute atomic E-state index is 5.46. The van der Waals surface area contributed by atoms with Gasteiger partial charge in [-0.25, -0.2) is 9.97 Å². The van der Waals surface area contributed by atoms with Crippen molar-refractivity contribution in [2.24, 2.45) is 0 Å². The molecule has 0 aliphatic heterocycles. The molecule has 0 spiro atoms. The van der Waals surface area contributed by atoms with E-state index in [2.05, 4.69) is 42.0 Å². The highest BCUT2D eigenvalue weighted by atomic mass is 16.3. The summed E-state index contributed by atoms with van der Waals surface area (Å²) in [6.07, 6.45) is 3.22. The quantitative estimate of drug-likeness (QED) is 0.635. The van der Waals surface area contributed by atoms with E-state index in [0.29, 0.717) is 0 Å². The lowest BCUT2D eigenvalue weighted by Crippen LogP contribution is -1.88. The van der Waals surface area contributed by atoms with Gasteiger partial charge in [0.25, 0.3) is 0 Å². The molecule has 0 aliphatic rings. The van der Waals surface area contributed by atoms with Crippen molar-refractivity contribution in [1.82, 2.24) is 9.97 Å². The summed E-state index contributed by atoms with van der Waals surface area (Å²) in [7, 11) is 0. The number of hydrogen-bond donors (Lipinski definition) is 0. The van der Waals surface area contributed by atoms with E-state index in [1.54, 1.807) is 12.6 Å². The van der Waals surface area contributed by atoms with Crippen LogP contribution >= 0.6 is 0 Å². The van der Waals surface area contributed by atoms with Crippen LogP contribution in [0.4, 0.5) is 0 Å². The normalized spacial score (nSPS) is 10.9. The average molecular weight is 224 g/mol. The molecule has 0 atom stereocenters. The van der Waals surface area contributed by atoms with E-state index in [0.717, 1.165) is 22.4 Å². The largest absolute Gasteiger partial charge is 0.460 e. The predicted molar refractivity (Wildman–Crippen MR) is 66.7 cm³/mol. The Hall–Kier alpha value is -2.16. The van der Waals surface area contributed by atoms with Gasteiger partial charge in [0.1, 0.15) is 17.5 Å². The minimum absolute atomic E-state index is 0.748. The van der Waals surface area contributed by atoms with Gasteiger partial charge < -0.3 is 4.42 Å². The van der Waals surface area contributed by atoms with Crippen molar-refractivity contribution in [3.05, 3.63) is 48.0 Å². The summed E-state index contributed by atoms with van der Waals surface area (Å²) in [5.41, 5.74) is 5.96. The van der Waals surface area contributed by atoms with Gasteiger partial charge in [-0.1, -0.05) is 17.2 Å². The molecule has 0 amide bonds. The molecule has 0 unspecified atom stereocenters. The number of furan rings is 1. The van der Waals surface area contributed by atoms with Crippen LogP contribution in [0.25, 0.3) is 22.4 Å². The van der Waals surface area contributed by atoms with Crippen molar-refractivity contribution in [2.45, 2.75) is 13.8 Å². The van der Waals surface area contributed by atoms with Crippen LogP contribution in [0, 0.1) is 13.8 Å². The van der Waals surface area contributed by atoms with Gasteiger partial charge in [0, 0.05) is 11.6 Å². The molecule has 3 rings (SSSR count). The van der Waals surface area contributed by atoms with Crippen LogP contribution in [-0.2, 0) is 0 Å². The van der Waals surface area contributed by atoms with Crippen molar-refractivity contribution >= 4 is 11.1 Å². The Morgan fingerprint density at radius 2 is 1.76 bits per heavy atom. The molecule has 0 bridgehead atoms. The molecule has 0 fully saturated rings. The molecular formula is C14H12N2O. The van der Waals surface area contributed by atoms with E-state index < -0.39 is 0 Å². The molecule has 3 heteroatoms. The Morgan fingerprint density at radius 1 is 1.00 bits per heavy atom. The lowest BCUT2D eigenvalue weighted by Gasteiger charge is -2.04. The summed E-state index contributed by atoms with van der Waals surface area (Å²) in [6.45, 7) is 4.16. The molecule has 0 aliphatic carbocycles. The molecule has 2 heterocycles. The summed E-state index contributed by atoms with van der Waals surface area (Å²) in [6, 6.07) is 8.21. The summed E-state index contributed by atoms with van der Waals surface area (Å²) in [5, 5.41) is 0. The minimum Gasteiger partial charge on any atom is -0.460 e. The third kappa shape index (κ3) is 1.69. The van der Waals surface area contributed by atoms with E-state index in [1.807, 2.05) is 6.07 Å². The second-order valence-corrected chi connectivity index (χ2v) is 4.23. The standard InChI is InChI=1S/C14H12N2O/c1-9-5-10(2)7-11(6-9)13-14-12(3-4-17-14)15-8-16-13/h3-8H,1-2H3. The third-order valence-corrected chi connectivity index (χ3v) is 2.74. The molecule has 3 nitrogen and oxygen atoms in total. The summed E-state index contributed by atoms with van der Waals surface area (Å²) in [5.74, 6) is 0. The Morgan fingerprint density at radius 3 is 2.53 bits per heavy atom. The maximum atomic E-state index is 5.46. The number of benzene rings is 1. The van der Waals surface area contributed by atoms with Gasteiger partial charge in [-0.2, -0.15) is 0 Å². The molecule has 0 N–H and O–H groups in total. The fourth-order valence-electron chi connectivity index (χ4n) is 2.11. The lowest BCUT2D eigenvalue weighted by atomic mass is 10.0. The zero-order valence-corrected chi connectivity index (χ0v) is 9.77. The van der Waals surface area contributed by atoms with E-state index in [-0.39, 0.29) is 0 Å². The molecule has 3 aromatic rings. The number of fused-ring (bicyclic) bond motifs is 1. The van der Waals surface area contributed by atoms with Crippen molar-refractivity contribution in [3.63, 3.8) is 0 Å². The SMILES string of the molecule is Cc1cc(C)cc(-c2ncnc3ccoc23)c1. The van der Waals surface area contributed by atoms with E-state index in [4.69, 9.17) is 4.42 Å². The van der Waals surface area contributed by atoms with Gasteiger partial charge in [-0.3, -0.25) is 0 Å². The number of rotatable bonds is 1. The first kappa shape index (κ1) is 10.0. The molecule has 0 radical (unpaired) electrons. The van der Waals surface area contributed by atoms with Gasteiger partial charge in [0.2, 0.25) is 0 Å². The topological polar surface area (TPSA) is 38.9 Å². The lowest BCUT2D eigenvalue weighted by molar-refractivity contribution is 0.615. The number of aromatic nitrogens is 2. The number of nitrogens with zero attached hydrogens (tertiary/aromatic N) is 2. The second-order valence-electron chi connectivity index (χ2n) is 4.23. The van der Waals surface area contributed by atoms with E-state index in [1.165, 1.54) is 11.1 Å². The van der Waals surface area contributed by atoms with Crippen LogP contribution in [0.3, 0.4) is 0 Å². The van der Waals surface area contributed by atoms with E-state index in [9.17, 15) is 0 Å². The molecular weight excluding hydrogens is 212 g/mol. The van der Waals surface area contributed by atoms with Crippen LogP contribution < -0.4 is 0 Å². The highest BCUT2D eigenvalue weighted by Crippen LogP contribution is 2.27. The van der Waals surface area contributed by atoms with E-state index >= 15 is 0 Å². The molecule has 17 heavy (non-hydrogen) atoms. The van der Waals surface area contributed by atoms with Crippen LogP contribution in [0.5, 0.6) is 0 Å². The molecule has 84 valence electrons. The molecule has 0 saturated heterocycles. The van der Waals surface area contributed by atoms with Crippen LogP contribution in [0.2, 0.25) is 0 Å². The van der Waals surface area contributed by atoms with Crippen molar-refractivity contribution in [1.29, 1.82) is 0 Å². The Labute approximate surface area is 99.1 Å². The average Bonchev–Trinajstić information content (AvgIpc) is 2.75. The summed E-state index contributed by atoms with van der Waals surface area (Å²) < 4.78 is 5.46. The molecule has 1 aromatic carbocycles. The zero-order valence-electron chi connectivity index (χ0n) is 9.77. The summed E-state index contributed by atoms with van der Waals surface area (Å²) in [4.78, 5) is 8.49. The summed E-state index contributed by atoms with van der Waals surface area (Å²) >= 11 is 0. The zero-order chi connectivity index (χ0) is 11.8. The highest BCUT2D eigenvalue weighted by molar-refractivity contribution is 5.87. The Bertz CT molecular complexity index is 665. The first-order valence-electron chi connectivity index (χ1n) is 5.51. The second kappa shape index (κ2) is 3.70. The van der Waals surface area contributed by atoms with Crippen LogP contribution in [-0.4, -0.2) is 9.97 Å². The molecule has 0 saturated carbocycles. The van der Waals surface area contributed by atoms with Crippen molar-refractivity contribution < 1.29 is 4.42 Å². The fourth-order valence-corrected chi connectivity index (χ4v) is 2.11. The van der Waals surface area contributed by atoms with Gasteiger partial charge in [-0.15, -0.1) is 0 Å². The van der Waals surface area contributed by atoms with Crippen LogP contribution in [0.15, 0.2) is 41.3 Å². The number of hydrogen-bond acceptors (Lipinski definition) is 3. The van der Waals surface area contributed by atoms with Gasteiger partial charge in [-0.05, 0) is 26.0 Å². The van der Waals surface area contributed by atoms with Crippen LogP contribution in [0.1, 0.15) is 11.1 Å². The van der Waals surface area contributed by atoms with Crippen molar-refractivity contribution in [2.75, 3.05) is 0 Å².